The van der Waals surface area contributed by atoms with Crippen molar-refractivity contribution in [2.24, 2.45) is 0 Å². The number of hydrogen-bond acceptors (Lipinski definition) is 3. The summed E-state index contributed by atoms with van der Waals surface area (Å²) in [6, 6.07) is 73.0. The molecule has 9 aromatic rings. The van der Waals surface area contributed by atoms with Gasteiger partial charge in [0.2, 0.25) is 0 Å². The third kappa shape index (κ3) is 7.32. The molecule has 4 heterocycles. The molecule has 5 heteroatoms. The van der Waals surface area contributed by atoms with E-state index in [4.69, 9.17) is 0 Å². The van der Waals surface area contributed by atoms with Gasteiger partial charge in [0.15, 0.2) is 0 Å². The molecule has 9 aromatic carbocycles. The molecule has 4 aliphatic heterocycles. The Bertz CT molecular complexity index is 3390. The summed E-state index contributed by atoms with van der Waals surface area (Å²) in [6.07, 6.45) is 0. The predicted octanol–water partition coefficient (Wildman–Crippen LogP) is 14.9. The van der Waals surface area contributed by atoms with E-state index < -0.39 is 0 Å². The van der Waals surface area contributed by atoms with Crippen LogP contribution in [0, 0.1) is 0 Å². The van der Waals surface area contributed by atoms with Gasteiger partial charge in [0.05, 0.1) is 0 Å². The van der Waals surface area contributed by atoms with Gasteiger partial charge in [-0.3, -0.25) is 0 Å². The van der Waals surface area contributed by atoms with E-state index in [1.165, 1.54) is 106 Å². The largest absolute Gasteiger partial charge is 0.312 e. The van der Waals surface area contributed by atoms with E-state index in [9.17, 15) is 0 Å². The van der Waals surface area contributed by atoms with Crippen molar-refractivity contribution >= 4 is 97.4 Å². The molecule has 0 unspecified atom stereocenters. The van der Waals surface area contributed by atoms with Gasteiger partial charge in [-0.1, -0.05) is 215 Å². The topological polar surface area (TPSA) is 9.72 Å². The van der Waals surface area contributed by atoms with Gasteiger partial charge in [-0.25, -0.2) is 0 Å². The number of anilines is 9. The van der Waals surface area contributed by atoms with Crippen LogP contribution in [0.2, 0.25) is 0 Å². The van der Waals surface area contributed by atoms with E-state index in [2.05, 4.69) is 286 Å². The fourth-order valence-electron chi connectivity index (χ4n) is 13.0. The van der Waals surface area contributed by atoms with Gasteiger partial charge < -0.3 is 14.7 Å². The fraction of sp³-hybridized carbons (Fsp3) is 0.229. The van der Waals surface area contributed by atoms with Crippen LogP contribution in [0.15, 0.2) is 188 Å². The molecule has 0 saturated heterocycles. The van der Waals surface area contributed by atoms with Gasteiger partial charge in [0.1, 0.15) is 0 Å². The minimum Gasteiger partial charge on any atom is -0.312 e. The smallest absolute Gasteiger partial charge is 0.250 e. The zero-order valence-electron chi connectivity index (χ0n) is 45.9. The molecule has 0 N–H and O–H groups in total. The molecule has 13 rings (SSSR count). The summed E-state index contributed by atoms with van der Waals surface area (Å²) >= 11 is 0. The van der Waals surface area contributed by atoms with Crippen LogP contribution in [-0.2, 0) is 21.7 Å². The van der Waals surface area contributed by atoms with Crippen LogP contribution in [-0.4, -0.2) is 13.4 Å². The van der Waals surface area contributed by atoms with Crippen LogP contribution in [0.25, 0.3) is 22.3 Å². The van der Waals surface area contributed by atoms with Gasteiger partial charge in [-0.2, -0.15) is 0 Å². The Hall–Kier alpha value is -7.49. The van der Waals surface area contributed by atoms with Crippen LogP contribution in [0.1, 0.15) is 105 Å². The van der Waals surface area contributed by atoms with E-state index in [0.29, 0.717) is 0 Å². The Morgan fingerprint density at radius 2 is 0.600 bits per heavy atom. The molecule has 3 nitrogen and oxygen atoms in total. The molecule has 4 aliphatic rings. The molecule has 0 saturated carbocycles. The van der Waals surface area contributed by atoms with E-state index in [0.717, 1.165) is 22.7 Å². The van der Waals surface area contributed by atoms with Crippen molar-refractivity contribution in [3.05, 3.63) is 210 Å². The summed E-state index contributed by atoms with van der Waals surface area (Å²) in [5.41, 5.74) is 29.4. The van der Waals surface area contributed by atoms with Crippen molar-refractivity contribution in [2.45, 2.75) is 105 Å². The Kier molecular flexibility index (Phi) is 10.4. The van der Waals surface area contributed by atoms with Crippen molar-refractivity contribution in [3.8, 4) is 22.3 Å². The van der Waals surface area contributed by atoms with Gasteiger partial charge in [0, 0.05) is 51.2 Å². The first kappa shape index (κ1) is 47.2. The van der Waals surface area contributed by atoms with Crippen LogP contribution >= 0.6 is 0 Å². The molecule has 0 amide bonds. The molecule has 0 aromatic heterocycles. The summed E-state index contributed by atoms with van der Waals surface area (Å²) in [5.74, 6) is 0. The maximum absolute atomic E-state index is 2.70. The molecular formula is C70H67B2N3. The highest BCUT2D eigenvalue weighted by Gasteiger charge is 2.52. The van der Waals surface area contributed by atoms with Gasteiger partial charge in [-0.15, -0.1) is 0 Å². The normalized spacial score (nSPS) is 13.8. The van der Waals surface area contributed by atoms with Crippen LogP contribution in [0.5, 0.6) is 0 Å². The summed E-state index contributed by atoms with van der Waals surface area (Å²) in [6.45, 7) is 27.7. The molecule has 0 aliphatic carbocycles. The average Bonchev–Trinajstić information content (AvgIpc) is 4.09. The molecule has 75 heavy (non-hydrogen) atoms. The molecular weight excluding hydrogens is 904 g/mol. The predicted molar refractivity (Wildman–Crippen MR) is 325 cm³/mol. The lowest BCUT2D eigenvalue weighted by molar-refractivity contribution is 0.590. The Labute approximate surface area is 447 Å². The third-order valence-electron chi connectivity index (χ3n) is 16.9. The van der Waals surface area contributed by atoms with Gasteiger partial charge in [0.25, 0.3) is 13.4 Å². The summed E-state index contributed by atoms with van der Waals surface area (Å²) in [5, 5.41) is 0. The van der Waals surface area contributed by atoms with Crippen molar-refractivity contribution in [2.75, 3.05) is 14.7 Å². The second-order valence-electron chi connectivity index (χ2n) is 25.8. The highest BCUT2D eigenvalue weighted by atomic mass is 15.2. The number of benzene rings is 9. The fourth-order valence-corrected chi connectivity index (χ4v) is 13.0. The molecule has 0 radical (unpaired) electrons. The SMILES string of the molecule is CC(C)(C)c1ccc(N(c2ccc(C(C)(C)C)cc2)c2cc(N(c3ccc(C(C)(C)C)cc3)c3ccc(C(C)(C)C)cc3)c3c4c2B2c5ccccc5-c5cccc(c52)N4c2cccc4c2B3c2ccccc2-4)cc1. The highest BCUT2D eigenvalue weighted by Crippen LogP contribution is 2.51. The first-order valence-corrected chi connectivity index (χ1v) is 27.3. The maximum Gasteiger partial charge on any atom is 0.250 e. The second-order valence-corrected chi connectivity index (χ2v) is 25.8. The van der Waals surface area contributed by atoms with Gasteiger partial charge in [-0.05, 0) is 155 Å². The minimum absolute atomic E-state index is 0.00767. The summed E-state index contributed by atoms with van der Waals surface area (Å²) in [7, 11) is 0. The lowest BCUT2D eigenvalue weighted by atomic mass is 9.31. The number of nitrogens with zero attached hydrogens (tertiary/aromatic N) is 3. The average molecular weight is 972 g/mol. The van der Waals surface area contributed by atoms with Crippen LogP contribution in [0.4, 0.5) is 51.2 Å². The van der Waals surface area contributed by atoms with Crippen molar-refractivity contribution in [1.82, 2.24) is 0 Å². The standard InChI is InChI=1S/C70H67B2N3/c1-67(2,3)44-27-35-48(36-28-44)73(49-37-29-45(30-38-49)68(4,5)6)60-43-61(74(50-39-31-46(32-40-50)69(7,8)9)51-41-33-47(34-42-51)70(10,11)12)65-66-64(60)71-56-23-15-13-19-52(56)54-21-17-25-58(62(54)71)75(66)59-26-18-22-55-53-20-14-16-24-57(53)72(65)63(55)59/h13-43H,1-12H3. The van der Waals surface area contributed by atoms with E-state index in [1.54, 1.807) is 0 Å². The highest BCUT2D eigenvalue weighted by molar-refractivity contribution is 7.06. The first-order valence-electron chi connectivity index (χ1n) is 27.3. The Morgan fingerprint density at radius 3 is 0.907 bits per heavy atom. The van der Waals surface area contributed by atoms with Crippen molar-refractivity contribution in [1.29, 1.82) is 0 Å². The van der Waals surface area contributed by atoms with E-state index in [-0.39, 0.29) is 35.1 Å². The van der Waals surface area contributed by atoms with Gasteiger partial charge >= 0.3 is 0 Å². The molecule has 0 fully saturated rings. The van der Waals surface area contributed by atoms with Crippen molar-refractivity contribution < 1.29 is 0 Å². The molecule has 368 valence electrons. The Balaban J connectivity index is 1.22. The second kappa shape index (κ2) is 16.5. The van der Waals surface area contributed by atoms with Crippen molar-refractivity contribution in [3.63, 3.8) is 0 Å². The minimum atomic E-state index is -0.0291. The number of hydrogen-bond donors (Lipinski definition) is 0. The third-order valence-corrected chi connectivity index (χ3v) is 16.9. The van der Waals surface area contributed by atoms with E-state index >= 15 is 0 Å². The maximum atomic E-state index is 2.70. The molecule has 0 atom stereocenters. The Morgan fingerprint density at radius 1 is 0.307 bits per heavy atom. The van der Waals surface area contributed by atoms with Crippen LogP contribution < -0.4 is 47.5 Å². The molecule has 0 spiro atoms. The monoisotopic (exact) mass is 972 g/mol. The lowest BCUT2D eigenvalue weighted by Gasteiger charge is -2.46. The van der Waals surface area contributed by atoms with Crippen LogP contribution in [0.3, 0.4) is 0 Å². The quantitative estimate of drug-likeness (QED) is 0.154. The zero-order valence-corrected chi connectivity index (χ0v) is 45.9. The number of rotatable bonds is 6. The van der Waals surface area contributed by atoms with E-state index in [1.807, 2.05) is 0 Å². The lowest BCUT2D eigenvalue weighted by Crippen LogP contribution is -2.64. The summed E-state index contributed by atoms with van der Waals surface area (Å²) in [4.78, 5) is 7.90. The zero-order chi connectivity index (χ0) is 52.1. The first-order chi connectivity index (χ1) is 35.8. The number of fused-ring (bicyclic) bond motifs is 10. The molecule has 0 bridgehead atoms. The summed E-state index contributed by atoms with van der Waals surface area (Å²) < 4.78 is 0.